The van der Waals surface area contributed by atoms with E-state index in [1.807, 2.05) is 6.07 Å². The Balaban J connectivity index is 2.32. The topological polar surface area (TPSA) is 20.2 Å². The van der Waals surface area contributed by atoms with Gasteiger partial charge in [-0.2, -0.15) is 0 Å². The summed E-state index contributed by atoms with van der Waals surface area (Å²) in [6.07, 6.45) is 4.28. The highest BCUT2D eigenvalue weighted by molar-refractivity contribution is 9.10. The van der Waals surface area contributed by atoms with Crippen molar-refractivity contribution in [2.45, 2.75) is 25.7 Å². The molecule has 0 radical (unpaired) electrons. The molecule has 0 fully saturated rings. The number of hydrogen-bond acceptors (Lipinski definition) is 1. The molecule has 0 saturated heterocycles. The van der Waals surface area contributed by atoms with Crippen molar-refractivity contribution in [3.63, 3.8) is 0 Å². The molecule has 0 spiro atoms. The van der Waals surface area contributed by atoms with E-state index in [1.165, 1.54) is 10.0 Å². The Kier molecular flexibility index (Phi) is 5.09. The molecule has 13 heavy (non-hydrogen) atoms. The lowest BCUT2D eigenvalue weighted by Crippen LogP contribution is -1.88. The second-order valence-electron chi connectivity index (χ2n) is 3.13. The van der Waals surface area contributed by atoms with Crippen LogP contribution in [0.1, 0.15) is 24.8 Å². The molecule has 0 heterocycles. The van der Waals surface area contributed by atoms with Crippen molar-refractivity contribution >= 4 is 15.9 Å². The van der Waals surface area contributed by atoms with Crippen molar-refractivity contribution in [2.24, 2.45) is 0 Å². The Morgan fingerprint density at radius 2 is 1.85 bits per heavy atom. The SMILES string of the molecule is OCCCCCc1ccccc1Br. The zero-order valence-corrected chi connectivity index (χ0v) is 9.26. The number of benzene rings is 1. The third kappa shape index (κ3) is 3.92. The highest BCUT2D eigenvalue weighted by Gasteiger charge is 1.97. The monoisotopic (exact) mass is 242 g/mol. The molecular formula is C11H15BrO. The van der Waals surface area contributed by atoms with Gasteiger partial charge in [0.1, 0.15) is 0 Å². The first-order chi connectivity index (χ1) is 6.34. The van der Waals surface area contributed by atoms with E-state index in [4.69, 9.17) is 5.11 Å². The predicted octanol–water partition coefficient (Wildman–Crippen LogP) is 3.15. The standard InChI is InChI=1S/C11H15BrO/c12-11-8-4-3-7-10(11)6-2-1-5-9-13/h3-4,7-8,13H,1-2,5-6,9H2. The summed E-state index contributed by atoms with van der Waals surface area (Å²) < 4.78 is 1.19. The summed E-state index contributed by atoms with van der Waals surface area (Å²) in [6, 6.07) is 8.30. The maximum Gasteiger partial charge on any atom is 0.0431 e. The molecule has 1 nitrogen and oxygen atoms in total. The van der Waals surface area contributed by atoms with Gasteiger partial charge in [-0.15, -0.1) is 0 Å². The van der Waals surface area contributed by atoms with E-state index in [-0.39, 0.29) is 0 Å². The Morgan fingerprint density at radius 1 is 1.08 bits per heavy atom. The molecule has 0 saturated carbocycles. The second-order valence-corrected chi connectivity index (χ2v) is 3.98. The van der Waals surface area contributed by atoms with Gasteiger partial charge in [0.05, 0.1) is 0 Å². The molecular weight excluding hydrogens is 228 g/mol. The predicted molar refractivity (Wildman–Crippen MR) is 58.8 cm³/mol. The van der Waals surface area contributed by atoms with Crippen LogP contribution in [0, 0.1) is 0 Å². The van der Waals surface area contributed by atoms with Crippen LogP contribution in [0.3, 0.4) is 0 Å². The number of hydrogen-bond donors (Lipinski definition) is 1. The van der Waals surface area contributed by atoms with Crippen LogP contribution in [0.2, 0.25) is 0 Å². The lowest BCUT2D eigenvalue weighted by Gasteiger charge is -2.02. The Morgan fingerprint density at radius 3 is 2.54 bits per heavy atom. The zero-order valence-electron chi connectivity index (χ0n) is 7.67. The van der Waals surface area contributed by atoms with Gasteiger partial charge in [0.25, 0.3) is 0 Å². The van der Waals surface area contributed by atoms with E-state index in [0.717, 1.165) is 25.7 Å². The van der Waals surface area contributed by atoms with Gasteiger partial charge in [0.15, 0.2) is 0 Å². The Labute approximate surface area is 87.9 Å². The molecule has 1 aromatic rings. The first-order valence-corrected chi connectivity index (χ1v) is 5.48. The van der Waals surface area contributed by atoms with E-state index in [2.05, 4.69) is 34.1 Å². The molecule has 0 aliphatic heterocycles. The zero-order chi connectivity index (χ0) is 9.52. The van der Waals surface area contributed by atoms with E-state index in [1.54, 1.807) is 0 Å². The summed E-state index contributed by atoms with van der Waals surface area (Å²) in [5.74, 6) is 0. The smallest absolute Gasteiger partial charge is 0.0431 e. The highest BCUT2D eigenvalue weighted by Crippen LogP contribution is 2.18. The molecule has 1 aromatic carbocycles. The van der Waals surface area contributed by atoms with Gasteiger partial charge in [-0.05, 0) is 30.9 Å². The molecule has 1 N–H and O–H groups in total. The van der Waals surface area contributed by atoms with Gasteiger partial charge < -0.3 is 5.11 Å². The molecule has 0 aliphatic rings. The molecule has 0 aliphatic carbocycles. The molecule has 0 amide bonds. The third-order valence-electron chi connectivity index (χ3n) is 2.06. The van der Waals surface area contributed by atoms with Crippen molar-refractivity contribution in [3.05, 3.63) is 34.3 Å². The van der Waals surface area contributed by atoms with Gasteiger partial charge in [-0.1, -0.05) is 40.5 Å². The first kappa shape index (κ1) is 10.7. The van der Waals surface area contributed by atoms with Gasteiger partial charge in [-0.3, -0.25) is 0 Å². The van der Waals surface area contributed by atoms with Gasteiger partial charge in [0, 0.05) is 11.1 Å². The lowest BCUT2D eigenvalue weighted by atomic mass is 10.1. The maximum atomic E-state index is 8.61. The molecule has 72 valence electrons. The second kappa shape index (κ2) is 6.17. The summed E-state index contributed by atoms with van der Waals surface area (Å²) >= 11 is 3.52. The van der Waals surface area contributed by atoms with Crippen molar-refractivity contribution in [2.75, 3.05) is 6.61 Å². The van der Waals surface area contributed by atoms with E-state index >= 15 is 0 Å². The van der Waals surface area contributed by atoms with Gasteiger partial charge in [-0.25, -0.2) is 0 Å². The summed E-state index contributed by atoms with van der Waals surface area (Å²) in [5.41, 5.74) is 1.36. The lowest BCUT2D eigenvalue weighted by molar-refractivity contribution is 0.283. The summed E-state index contributed by atoms with van der Waals surface area (Å²) in [5, 5.41) is 8.61. The number of halogens is 1. The van der Waals surface area contributed by atoms with Crippen molar-refractivity contribution in [1.82, 2.24) is 0 Å². The van der Waals surface area contributed by atoms with Gasteiger partial charge >= 0.3 is 0 Å². The van der Waals surface area contributed by atoms with Crippen LogP contribution < -0.4 is 0 Å². The van der Waals surface area contributed by atoms with Gasteiger partial charge in [0.2, 0.25) is 0 Å². The largest absolute Gasteiger partial charge is 0.396 e. The average molecular weight is 243 g/mol. The maximum absolute atomic E-state index is 8.61. The number of rotatable bonds is 5. The molecule has 0 atom stereocenters. The Hall–Kier alpha value is -0.340. The van der Waals surface area contributed by atoms with E-state index in [0.29, 0.717) is 6.61 Å². The molecule has 0 aromatic heterocycles. The number of aliphatic hydroxyl groups excluding tert-OH is 1. The van der Waals surface area contributed by atoms with Crippen LogP contribution in [0.4, 0.5) is 0 Å². The van der Waals surface area contributed by atoms with Crippen molar-refractivity contribution in [3.8, 4) is 0 Å². The molecule has 1 rings (SSSR count). The van der Waals surface area contributed by atoms with Crippen LogP contribution in [0.5, 0.6) is 0 Å². The fourth-order valence-corrected chi connectivity index (χ4v) is 1.79. The number of aryl methyl sites for hydroxylation is 1. The third-order valence-corrected chi connectivity index (χ3v) is 2.84. The van der Waals surface area contributed by atoms with Crippen molar-refractivity contribution < 1.29 is 5.11 Å². The fraction of sp³-hybridized carbons (Fsp3) is 0.455. The molecule has 2 heteroatoms. The van der Waals surface area contributed by atoms with E-state index in [9.17, 15) is 0 Å². The van der Waals surface area contributed by atoms with Crippen molar-refractivity contribution in [1.29, 1.82) is 0 Å². The fourth-order valence-electron chi connectivity index (χ4n) is 1.31. The van der Waals surface area contributed by atoms with Crippen LogP contribution in [0.25, 0.3) is 0 Å². The summed E-state index contributed by atoms with van der Waals surface area (Å²) in [7, 11) is 0. The molecule has 0 bridgehead atoms. The minimum atomic E-state index is 0.315. The Bertz CT molecular complexity index is 248. The average Bonchev–Trinajstić information content (AvgIpc) is 2.15. The quantitative estimate of drug-likeness (QED) is 0.787. The molecule has 0 unspecified atom stereocenters. The van der Waals surface area contributed by atoms with Crippen LogP contribution >= 0.6 is 15.9 Å². The number of unbranched alkanes of at least 4 members (excludes halogenated alkanes) is 2. The minimum Gasteiger partial charge on any atom is -0.396 e. The minimum absolute atomic E-state index is 0.315. The van der Waals surface area contributed by atoms with Crippen LogP contribution in [-0.2, 0) is 6.42 Å². The summed E-state index contributed by atoms with van der Waals surface area (Å²) in [4.78, 5) is 0. The van der Waals surface area contributed by atoms with Crippen LogP contribution in [0.15, 0.2) is 28.7 Å². The first-order valence-electron chi connectivity index (χ1n) is 4.69. The normalized spacial score (nSPS) is 10.3. The van der Waals surface area contributed by atoms with Crippen LogP contribution in [-0.4, -0.2) is 11.7 Å². The summed E-state index contributed by atoms with van der Waals surface area (Å²) in [6.45, 7) is 0.315. The van der Waals surface area contributed by atoms with E-state index < -0.39 is 0 Å². The highest BCUT2D eigenvalue weighted by atomic mass is 79.9. The number of aliphatic hydroxyl groups is 1.